The van der Waals surface area contributed by atoms with E-state index in [1.807, 2.05) is 30.5 Å². The fraction of sp³-hybridized carbons (Fsp3) is 0.333. The highest BCUT2D eigenvalue weighted by atomic mass is 32.2. The Morgan fingerprint density at radius 3 is 2.78 bits per heavy atom. The molecule has 0 spiro atoms. The Kier molecular flexibility index (Phi) is 4.71. The Bertz CT molecular complexity index is 1040. The summed E-state index contributed by atoms with van der Waals surface area (Å²) in [6.07, 6.45) is 5.43. The number of hydrogen-bond donors (Lipinski definition) is 2. The monoisotopic (exact) mass is 387 g/mol. The third-order valence-electron chi connectivity index (χ3n) is 4.92. The molecule has 1 aliphatic rings. The molecular weight excluding hydrogens is 366 g/mol. The van der Waals surface area contributed by atoms with E-state index in [-0.39, 0.29) is 17.5 Å². The minimum Gasteiger partial charge on any atom is -0.361 e. The summed E-state index contributed by atoms with van der Waals surface area (Å²) < 4.78 is 26.7. The van der Waals surface area contributed by atoms with Crippen molar-refractivity contribution in [3.05, 3.63) is 48.5 Å². The molecular formula is C18H21N5O3S. The first-order chi connectivity index (χ1) is 13.1. The molecule has 1 saturated heterocycles. The van der Waals surface area contributed by atoms with Crippen molar-refractivity contribution in [1.29, 1.82) is 0 Å². The van der Waals surface area contributed by atoms with Gasteiger partial charge in [0.1, 0.15) is 0 Å². The highest BCUT2D eigenvalue weighted by Gasteiger charge is 2.29. The van der Waals surface area contributed by atoms with E-state index in [1.54, 1.807) is 4.90 Å². The van der Waals surface area contributed by atoms with E-state index in [9.17, 15) is 13.2 Å². The summed E-state index contributed by atoms with van der Waals surface area (Å²) in [4.78, 5) is 24.2. The van der Waals surface area contributed by atoms with Crippen LogP contribution in [0, 0.1) is 0 Å². The van der Waals surface area contributed by atoms with Crippen molar-refractivity contribution in [1.82, 2.24) is 24.2 Å². The summed E-state index contributed by atoms with van der Waals surface area (Å²) >= 11 is 0. The summed E-state index contributed by atoms with van der Waals surface area (Å²) in [7, 11) is -3.60. The van der Waals surface area contributed by atoms with E-state index in [1.165, 1.54) is 16.8 Å². The van der Waals surface area contributed by atoms with Crippen LogP contribution in [0.25, 0.3) is 10.9 Å². The van der Waals surface area contributed by atoms with Crippen molar-refractivity contribution in [3.63, 3.8) is 0 Å². The first-order valence-electron chi connectivity index (χ1n) is 8.87. The number of benzene rings is 1. The third kappa shape index (κ3) is 3.47. The molecule has 2 N–H and O–H groups in total. The maximum absolute atomic E-state index is 12.8. The molecule has 1 aromatic carbocycles. The third-order valence-corrected chi connectivity index (χ3v) is 6.74. The van der Waals surface area contributed by atoms with Gasteiger partial charge in [-0.15, -0.1) is 0 Å². The number of hydrogen-bond acceptors (Lipinski definition) is 4. The molecule has 1 amide bonds. The molecule has 9 heteroatoms. The number of amides is 1. The first kappa shape index (κ1) is 17.7. The largest absolute Gasteiger partial charge is 0.361 e. The van der Waals surface area contributed by atoms with E-state index >= 15 is 0 Å². The number of nitrogens with zero attached hydrogens (tertiary/aromatic N) is 3. The van der Waals surface area contributed by atoms with Crippen molar-refractivity contribution in [2.75, 3.05) is 26.2 Å². The van der Waals surface area contributed by atoms with Crippen LogP contribution in [0.2, 0.25) is 0 Å². The first-order valence-corrected chi connectivity index (χ1v) is 10.3. The van der Waals surface area contributed by atoms with Gasteiger partial charge >= 0.3 is 0 Å². The fourth-order valence-electron chi connectivity index (χ4n) is 3.46. The van der Waals surface area contributed by atoms with Gasteiger partial charge in [-0.2, -0.15) is 4.31 Å². The fourth-order valence-corrected chi connectivity index (χ4v) is 4.82. The standard InChI is InChI=1S/C18H21N5O3S/c24-18(10-14-11-20-16-5-2-1-4-15(14)16)22-6-3-7-23(9-8-22)27(25,26)17-12-19-13-21-17/h1-2,4-5,11-13,20H,3,6-10H2,(H,19,21). The molecule has 0 saturated carbocycles. The van der Waals surface area contributed by atoms with Crippen LogP contribution < -0.4 is 0 Å². The summed E-state index contributed by atoms with van der Waals surface area (Å²) in [5.41, 5.74) is 1.97. The number of imidazole rings is 1. The summed E-state index contributed by atoms with van der Waals surface area (Å²) in [5.74, 6) is 0.0144. The van der Waals surface area contributed by atoms with E-state index in [2.05, 4.69) is 15.0 Å². The second-order valence-electron chi connectivity index (χ2n) is 6.59. The normalized spacial score (nSPS) is 16.5. The number of nitrogens with one attached hydrogen (secondary N) is 2. The Morgan fingerprint density at radius 1 is 1.11 bits per heavy atom. The van der Waals surface area contributed by atoms with Gasteiger partial charge in [-0.05, 0) is 18.1 Å². The minimum absolute atomic E-state index is 0.0144. The zero-order valence-corrected chi connectivity index (χ0v) is 15.6. The maximum atomic E-state index is 12.8. The highest BCUT2D eigenvalue weighted by Crippen LogP contribution is 2.20. The minimum atomic E-state index is -3.60. The Morgan fingerprint density at radius 2 is 1.96 bits per heavy atom. The molecule has 4 rings (SSSR count). The van der Waals surface area contributed by atoms with Gasteiger partial charge in [0.05, 0.1) is 18.9 Å². The predicted octanol–water partition coefficient (Wildman–Crippen LogP) is 1.36. The van der Waals surface area contributed by atoms with Gasteiger partial charge in [0, 0.05) is 43.3 Å². The van der Waals surface area contributed by atoms with Crippen molar-refractivity contribution < 1.29 is 13.2 Å². The van der Waals surface area contributed by atoms with Crippen LogP contribution in [0.4, 0.5) is 0 Å². The van der Waals surface area contributed by atoms with Crippen LogP contribution in [-0.2, 0) is 21.2 Å². The molecule has 0 aliphatic carbocycles. The van der Waals surface area contributed by atoms with E-state index in [0.717, 1.165) is 16.5 Å². The van der Waals surface area contributed by atoms with Gasteiger partial charge in [-0.3, -0.25) is 4.79 Å². The van der Waals surface area contributed by atoms with Gasteiger partial charge in [-0.25, -0.2) is 13.4 Å². The molecule has 8 nitrogen and oxygen atoms in total. The molecule has 1 aliphatic heterocycles. The van der Waals surface area contributed by atoms with Crippen LogP contribution in [0.15, 0.2) is 48.0 Å². The van der Waals surface area contributed by atoms with E-state index in [0.29, 0.717) is 32.5 Å². The molecule has 1 fully saturated rings. The molecule has 27 heavy (non-hydrogen) atoms. The topological polar surface area (TPSA) is 102 Å². The second kappa shape index (κ2) is 7.16. The SMILES string of the molecule is O=C(Cc1c[nH]c2ccccc12)N1CCCN(S(=O)(=O)c2cnc[nH]2)CC1. The molecule has 0 unspecified atom stereocenters. The van der Waals surface area contributed by atoms with Gasteiger partial charge < -0.3 is 14.9 Å². The molecule has 2 aromatic heterocycles. The van der Waals surface area contributed by atoms with Gasteiger partial charge in [0.2, 0.25) is 5.91 Å². The van der Waals surface area contributed by atoms with Crippen LogP contribution >= 0.6 is 0 Å². The highest BCUT2D eigenvalue weighted by molar-refractivity contribution is 7.89. The zero-order valence-electron chi connectivity index (χ0n) is 14.8. The summed E-state index contributed by atoms with van der Waals surface area (Å²) in [6.45, 7) is 1.60. The molecule has 3 heterocycles. The molecule has 3 aromatic rings. The van der Waals surface area contributed by atoms with Gasteiger partial charge in [0.25, 0.3) is 10.0 Å². The van der Waals surface area contributed by atoms with Crippen LogP contribution in [0.5, 0.6) is 0 Å². The lowest BCUT2D eigenvalue weighted by atomic mass is 10.1. The Labute approximate surface area is 157 Å². The number of H-pyrrole nitrogens is 2. The van der Waals surface area contributed by atoms with Crippen LogP contribution in [0.1, 0.15) is 12.0 Å². The molecule has 0 bridgehead atoms. The zero-order chi connectivity index (χ0) is 18.9. The van der Waals surface area contributed by atoms with E-state index < -0.39 is 10.0 Å². The summed E-state index contributed by atoms with van der Waals surface area (Å²) in [6, 6.07) is 7.88. The van der Waals surface area contributed by atoms with Crippen molar-refractivity contribution in [2.45, 2.75) is 17.9 Å². The van der Waals surface area contributed by atoms with Crippen molar-refractivity contribution >= 4 is 26.8 Å². The Hall–Kier alpha value is -2.65. The molecule has 142 valence electrons. The Balaban J connectivity index is 1.44. The number of aromatic nitrogens is 3. The smallest absolute Gasteiger partial charge is 0.260 e. The number of fused-ring (bicyclic) bond motifs is 1. The maximum Gasteiger partial charge on any atom is 0.260 e. The number of sulfonamides is 1. The lowest BCUT2D eigenvalue weighted by Crippen LogP contribution is -2.38. The molecule has 0 atom stereocenters. The quantitative estimate of drug-likeness (QED) is 0.705. The number of carbonyl (C=O) groups is 1. The molecule has 0 radical (unpaired) electrons. The van der Waals surface area contributed by atoms with Gasteiger partial charge in [-0.1, -0.05) is 18.2 Å². The lowest BCUT2D eigenvalue weighted by molar-refractivity contribution is -0.130. The lowest BCUT2D eigenvalue weighted by Gasteiger charge is -2.21. The van der Waals surface area contributed by atoms with Gasteiger partial charge in [0.15, 0.2) is 5.03 Å². The number of para-hydroxylation sites is 1. The summed E-state index contributed by atoms with van der Waals surface area (Å²) in [5, 5.41) is 1.13. The average molecular weight is 387 g/mol. The number of carbonyl (C=O) groups excluding carboxylic acids is 1. The average Bonchev–Trinajstić information content (AvgIpc) is 3.27. The second-order valence-corrected chi connectivity index (χ2v) is 8.50. The predicted molar refractivity (Wildman–Crippen MR) is 101 cm³/mol. The van der Waals surface area contributed by atoms with Crippen molar-refractivity contribution in [3.8, 4) is 0 Å². The van der Waals surface area contributed by atoms with E-state index in [4.69, 9.17) is 0 Å². The van der Waals surface area contributed by atoms with Crippen LogP contribution in [-0.4, -0.2) is 64.7 Å². The van der Waals surface area contributed by atoms with Crippen LogP contribution in [0.3, 0.4) is 0 Å². The van der Waals surface area contributed by atoms with Crippen molar-refractivity contribution in [2.24, 2.45) is 0 Å². The number of aromatic amines is 2. The number of rotatable bonds is 4.